The maximum Gasteiger partial charge on any atom is 0.401 e. The van der Waals surface area contributed by atoms with Crippen LogP contribution >= 0.6 is 0 Å². The number of rotatable bonds is 5. The van der Waals surface area contributed by atoms with Gasteiger partial charge in [0.2, 0.25) is 0 Å². The van der Waals surface area contributed by atoms with Crippen molar-refractivity contribution in [2.75, 3.05) is 25.5 Å². The van der Waals surface area contributed by atoms with Crippen LogP contribution in [0.25, 0.3) is 0 Å². The molecule has 0 amide bonds. The summed E-state index contributed by atoms with van der Waals surface area (Å²) in [7, 11) is 1.43. The number of hydrogen-bond donors (Lipinski definition) is 1. The third kappa shape index (κ3) is 5.53. The van der Waals surface area contributed by atoms with Crippen molar-refractivity contribution in [3.05, 3.63) is 23.9 Å². The van der Waals surface area contributed by atoms with Gasteiger partial charge in [-0.25, -0.2) is 4.98 Å². The number of alkyl halides is 3. The van der Waals surface area contributed by atoms with Gasteiger partial charge in [-0.2, -0.15) is 13.2 Å². The molecule has 0 atom stereocenters. The van der Waals surface area contributed by atoms with Gasteiger partial charge in [0.05, 0.1) is 12.2 Å². The van der Waals surface area contributed by atoms with Crippen molar-refractivity contribution in [3.8, 4) is 0 Å². The van der Waals surface area contributed by atoms with Crippen molar-refractivity contribution in [1.82, 2.24) is 9.88 Å². The van der Waals surface area contributed by atoms with E-state index in [9.17, 15) is 13.2 Å². The predicted octanol–water partition coefficient (Wildman–Crippen LogP) is 2.51. The van der Waals surface area contributed by atoms with E-state index in [0.717, 1.165) is 6.54 Å². The molecule has 0 aromatic carbocycles. The minimum atomic E-state index is -4.17. The number of halogens is 3. The van der Waals surface area contributed by atoms with Gasteiger partial charge in [0, 0.05) is 13.1 Å². The van der Waals surface area contributed by atoms with Crippen LogP contribution < -0.4 is 5.32 Å². The molecule has 0 saturated heterocycles. The molecule has 0 unspecified atom stereocenters. The first-order valence-electron chi connectivity index (χ1n) is 5.36. The molecule has 0 bridgehead atoms. The van der Waals surface area contributed by atoms with Crippen molar-refractivity contribution >= 4 is 5.82 Å². The van der Waals surface area contributed by atoms with E-state index in [1.165, 1.54) is 11.9 Å². The van der Waals surface area contributed by atoms with E-state index >= 15 is 0 Å². The molecule has 17 heavy (non-hydrogen) atoms. The first-order chi connectivity index (χ1) is 7.90. The summed E-state index contributed by atoms with van der Waals surface area (Å²) >= 11 is 0. The van der Waals surface area contributed by atoms with Crippen LogP contribution in [0, 0.1) is 0 Å². The lowest BCUT2D eigenvalue weighted by molar-refractivity contribution is -0.144. The lowest BCUT2D eigenvalue weighted by Crippen LogP contribution is -2.30. The quantitative estimate of drug-likeness (QED) is 0.866. The van der Waals surface area contributed by atoms with Crippen LogP contribution in [0.4, 0.5) is 19.0 Å². The summed E-state index contributed by atoms with van der Waals surface area (Å²) in [5.41, 5.74) is 0.621. The molecular weight excluding hydrogens is 231 g/mol. The summed E-state index contributed by atoms with van der Waals surface area (Å²) in [6.07, 6.45) is -4.17. The molecule has 1 N–H and O–H groups in total. The fourth-order valence-electron chi connectivity index (χ4n) is 1.49. The molecule has 3 nitrogen and oxygen atoms in total. The Labute approximate surface area is 98.6 Å². The molecule has 0 saturated carbocycles. The Morgan fingerprint density at radius 1 is 1.35 bits per heavy atom. The molecule has 6 heteroatoms. The average Bonchev–Trinajstić information content (AvgIpc) is 2.15. The second-order valence-corrected chi connectivity index (χ2v) is 3.83. The van der Waals surface area contributed by atoms with Gasteiger partial charge < -0.3 is 5.32 Å². The highest BCUT2D eigenvalue weighted by Gasteiger charge is 2.29. The van der Waals surface area contributed by atoms with Gasteiger partial charge in [0.1, 0.15) is 5.82 Å². The monoisotopic (exact) mass is 247 g/mol. The Morgan fingerprint density at radius 2 is 2.06 bits per heavy atom. The van der Waals surface area contributed by atoms with Crippen LogP contribution in [0.5, 0.6) is 0 Å². The number of anilines is 1. The molecule has 0 spiro atoms. The second kappa shape index (κ2) is 5.86. The van der Waals surface area contributed by atoms with Gasteiger partial charge >= 0.3 is 6.18 Å². The third-order valence-electron chi connectivity index (χ3n) is 2.05. The van der Waals surface area contributed by atoms with E-state index in [1.54, 1.807) is 18.2 Å². The molecule has 96 valence electrons. The summed E-state index contributed by atoms with van der Waals surface area (Å²) in [4.78, 5) is 5.40. The molecule has 1 aromatic heterocycles. The SMILES string of the molecule is CCNc1cccc(CN(C)CC(F)(F)F)n1. The maximum absolute atomic E-state index is 12.1. The molecule has 0 aliphatic heterocycles. The average molecular weight is 247 g/mol. The van der Waals surface area contributed by atoms with Gasteiger partial charge in [-0.05, 0) is 26.1 Å². The fourth-order valence-corrected chi connectivity index (χ4v) is 1.49. The number of nitrogens with one attached hydrogen (secondary N) is 1. The van der Waals surface area contributed by atoms with Crippen molar-refractivity contribution in [2.45, 2.75) is 19.6 Å². The van der Waals surface area contributed by atoms with Gasteiger partial charge in [0.25, 0.3) is 0 Å². The summed E-state index contributed by atoms with van der Waals surface area (Å²) < 4.78 is 36.4. The number of hydrogen-bond acceptors (Lipinski definition) is 3. The van der Waals surface area contributed by atoms with Crippen molar-refractivity contribution in [2.24, 2.45) is 0 Å². The highest BCUT2D eigenvalue weighted by Crippen LogP contribution is 2.16. The van der Waals surface area contributed by atoms with Crippen molar-refractivity contribution < 1.29 is 13.2 Å². The van der Waals surface area contributed by atoms with Gasteiger partial charge in [0.15, 0.2) is 0 Å². The first-order valence-corrected chi connectivity index (χ1v) is 5.36. The Balaban J connectivity index is 2.58. The minimum Gasteiger partial charge on any atom is -0.370 e. The highest BCUT2D eigenvalue weighted by molar-refractivity contribution is 5.34. The van der Waals surface area contributed by atoms with Crippen molar-refractivity contribution in [3.63, 3.8) is 0 Å². The minimum absolute atomic E-state index is 0.179. The summed E-state index contributed by atoms with van der Waals surface area (Å²) in [5, 5.41) is 3.02. The Hall–Kier alpha value is -1.30. The first kappa shape index (κ1) is 13.8. The van der Waals surface area contributed by atoms with Crippen LogP contribution in [-0.4, -0.2) is 36.2 Å². The molecule has 1 rings (SSSR count). The molecule has 0 radical (unpaired) electrons. The lowest BCUT2D eigenvalue weighted by Gasteiger charge is -2.18. The smallest absolute Gasteiger partial charge is 0.370 e. The van der Waals surface area contributed by atoms with Crippen LogP contribution in [0.1, 0.15) is 12.6 Å². The van der Waals surface area contributed by atoms with Gasteiger partial charge in [-0.3, -0.25) is 4.90 Å². The standard InChI is InChI=1S/C11H16F3N3/c1-3-15-10-6-4-5-9(16-10)7-17(2)8-11(12,13)14/h4-6H,3,7-8H2,1-2H3,(H,15,16). The third-order valence-corrected chi connectivity index (χ3v) is 2.05. The van der Waals surface area contributed by atoms with E-state index in [1.807, 2.05) is 6.92 Å². The van der Waals surface area contributed by atoms with E-state index in [4.69, 9.17) is 0 Å². The number of pyridine rings is 1. The molecule has 1 aromatic rings. The normalized spacial score (nSPS) is 11.9. The molecular formula is C11H16F3N3. The topological polar surface area (TPSA) is 28.2 Å². The Kier molecular flexibility index (Phi) is 4.74. The van der Waals surface area contributed by atoms with E-state index < -0.39 is 12.7 Å². The van der Waals surface area contributed by atoms with Crippen molar-refractivity contribution in [1.29, 1.82) is 0 Å². The van der Waals surface area contributed by atoms with Crippen LogP contribution in [0.3, 0.4) is 0 Å². The zero-order valence-corrected chi connectivity index (χ0v) is 9.88. The largest absolute Gasteiger partial charge is 0.401 e. The zero-order chi connectivity index (χ0) is 12.9. The molecule has 1 heterocycles. The van der Waals surface area contributed by atoms with E-state index in [2.05, 4.69) is 10.3 Å². The zero-order valence-electron chi connectivity index (χ0n) is 9.88. The van der Waals surface area contributed by atoms with Crippen LogP contribution in [0.15, 0.2) is 18.2 Å². The Bertz CT molecular complexity index is 352. The van der Waals surface area contributed by atoms with Gasteiger partial charge in [-0.15, -0.1) is 0 Å². The predicted molar refractivity (Wildman–Crippen MR) is 60.8 cm³/mol. The van der Waals surface area contributed by atoms with Crippen LogP contribution in [-0.2, 0) is 6.54 Å². The van der Waals surface area contributed by atoms with E-state index in [-0.39, 0.29) is 6.54 Å². The molecule has 0 fully saturated rings. The van der Waals surface area contributed by atoms with Gasteiger partial charge in [-0.1, -0.05) is 6.07 Å². The summed E-state index contributed by atoms with van der Waals surface area (Å²) in [6, 6.07) is 5.28. The number of nitrogens with zero attached hydrogens (tertiary/aromatic N) is 2. The lowest BCUT2D eigenvalue weighted by atomic mass is 10.3. The summed E-state index contributed by atoms with van der Waals surface area (Å²) in [5.74, 6) is 0.686. The fraction of sp³-hybridized carbons (Fsp3) is 0.545. The molecule has 0 aliphatic carbocycles. The summed E-state index contributed by atoms with van der Waals surface area (Å²) in [6.45, 7) is 1.91. The maximum atomic E-state index is 12.1. The second-order valence-electron chi connectivity index (χ2n) is 3.83. The Morgan fingerprint density at radius 3 is 2.65 bits per heavy atom. The number of aromatic nitrogens is 1. The van der Waals surface area contributed by atoms with E-state index in [0.29, 0.717) is 11.5 Å². The highest BCUT2D eigenvalue weighted by atomic mass is 19.4. The van der Waals surface area contributed by atoms with Crippen LogP contribution in [0.2, 0.25) is 0 Å². The molecule has 0 aliphatic rings.